The van der Waals surface area contributed by atoms with Crippen molar-refractivity contribution in [2.24, 2.45) is 5.92 Å². The molecule has 0 saturated heterocycles. The largest absolute Gasteiger partial charge is 0.550 e. The van der Waals surface area contributed by atoms with Gasteiger partial charge in [0.25, 0.3) is 0 Å². The van der Waals surface area contributed by atoms with Crippen LogP contribution in [0.3, 0.4) is 0 Å². The first-order valence-electron chi connectivity index (χ1n) is 7.37. The smallest absolute Gasteiger partial charge is 0.119 e. The van der Waals surface area contributed by atoms with Crippen LogP contribution in [0.25, 0.3) is 0 Å². The average molecular weight is 334 g/mol. The zero-order valence-electron chi connectivity index (χ0n) is 12.7. The molecule has 1 N–H and O–H groups in total. The molecular formula is C18H18ClO4-. The third-order valence-electron chi connectivity index (χ3n) is 3.56. The van der Waals surface area contributed by atoms with E-state index in [9.17, 15) is 15.0 Å². The van der Waals surface area contributed by atoms with Crippen LogP contribution in [0.1, 0.15) is 24.2 Å². The molecule has 2 atom stereocenters. The second-order valence-corrected chi connectivity index (χ2v) is 5.64. The number of carboxylic acids is 1. The maximum atomic E-state index is 11.5. The van der Waals surface area contributed by atoms with E-state index in [2.05, 4.69) is 0 Å². The number of halogens is 1. The molecule has 0 aliphatic heterocycles. The third-order valence-corrected chi connectivity index (χ3v) is 3.81. The molecule has 2 rings (SSSR count). The summed E-state index contributed by atoms with van der Waals surface area (Å²) >= 11 is 5.81. The third kappa shape index (κ3) is 4.71. The number of ether oxygens (including phenoxy) is 1. The highest BCUT2D eigenvalue weighted by molar-refractivity contribution is 6.30. The minimum Gasteiger partial charge on any atom is -0.550 e. The van der Waals surface area contributed by atoms with Gasteiger partial charge in [0.1, 0.15) is 5.75 Å². The number of aliphatic hydroxyl groups is 1. The molecule has 0 aromatic heterocycles. The number of carbonyl (C=O) groups is 1. The van der Waals surface area contributed by atoms with E-state index in [-0.39, 0.29) is 6.42 Å². The molecule has 0 bridgehead atoms. The summed E-state index contributed by atoms with van der Waals surface area (Å²) in [6.45, 7) is 2.40. The van der Waals surface area contributed by atoms with Crippen LogP contribution in [0.5, 0.6) is 5.75 Å². The van der Waals surface area contributed by atoms with Crippen LogP contribution >= 0.6 is 11.6 Å². The Bertz CT molecular complexity index is 654. The van der Waals surface area contributed by atoms with Gasteiger partial charge in [-0.2, -0.15) is 0 Å². The first-order chi connectivity index (χ1) is 11.0. The molecule has 5 heteroatoms. The van der Waals surface area contributed by atoms with Crippen LogP contribution in [0.15, 0.2) is 48.5 Å². The quantitative estimate of drug-likeness (QED) is 0.844. The summed E-state index contributed by atoms with van der Waals surface area (Å²) < 4.78 is 5.41. The van der Waals surface area contributed by atoms with Crippen LogP contribution in [0, 0.1) is 5.92 Å². The Labute approximate surface area is 140 Å². The van der Waals surface area contributed by atoms with Gasteiger partial charge in [-0.15, -0.1) is 0 Å². The Balaban J connectivity index is 2.19. The number of benzene rings is 2. The molecule has 23 heavy (non-hydrogen) atoms. The molecule has 122 valence electrons. The van der Waals surface area contributed by atoms with Crippen LogP contribution in [0.2, 0.25) is 5.02 Å². The second-order valence-electron chi connectivity index (χ2n) is 5.21. The summed E-state index contributed by atoms with van der Waals surface area (Å²) in [7, 11) is 0. The van der Waals surface area contributed by atoms with Crippen LogP contribution < -0.4 is 9.84 Å². The molecule has 0 radical (unpaired) electrons. The molecule has 0 heterocycles. The topological polar surface area (TPSA) is 69.6 Å². The fourth-order valence-corrected chi connectivity index (χ4v) is 2.52. The van der Waals surface area contributed by atoms with Crippen molar-refractivity contribution in [3.8, 4) is 5.75 Å². The summed E-state index contributed by atoms with van der Waals surface area (Å²) in [6.07, 6.45) is -1.03. The van der Waals surface area contributed by atoms with Gasteiger partial charge in [-0.1, -0.05) is 35.9 Å². The van der Waals surface area contributed by atoms with Crippen LogP contribution in [0.4, 0.5) is 0 Å². The van der Waals surface area contributed by atoms with Gasteiger partial charge < -0.3 is 19.7 Å². The Morgan fingerprint density at radius 3 is 2.57 bits per heavy atom. The molecule has 0 saturated carbocycles. The SMILES string of the molecule is CCOc1cccc(CC(C(=O)[O-])C(O)c2ccc(Cl)cc2)c1. The molecule has 0 aliphatic rings. The lowest BCUT2D eigenvalue weighted by Crippen LogP contribution is -2.36. The number of carboxylic acid groups (broad SMARTS) is 1. The summed E-state index contributed by atoms with van der Waals surface area (Å²) in [6, 6.07) is 13.6. The molecule has 2 unspecified atom stereocenters. The number of carbonyl (C=O) groups excluding carboxylic acids is 1. The lowest BCUT2D eigenvalue weighted by Gasteiger charge is -2.24. The number of aliphatic carboxylic acids is 1. The molecule has 4 nitrogen and oxygen atoms in total. The van der Waals surface area contributed by atoms with Gasteiger partial charge in [-0.05, 0) is 48.7 Å². The molecule has 0 aliphatic carbocycles. The van der Waals surface area contributed by atoms with E-state index in [0.29, 0.717) is 22.9 Å². The van der Waals surface area contributed by atoms with Crippen molar-refractivity contribution in [2.75, 3.05) is 6.61 Å². The lowest BCUT2D eigenvalue weighted by molar-refractivity contribution is -0.314. The molecule has 0 fully saturated rings. The van der Waals surface area contributed by atoms with Gasteiger partial charge in [0.15, 0.2) is 0 Å². The Morgan fingerprint density at radius 2 is 1.96 bits per heavy atom. The molecular weight excluding hydrogens is 316 g/mol. The summed E-state index contributed by atoms with van der Waals surface area (Å²) in [5.41, 5.74) is 1.25. The summed E-state index contributed by atoms with van der Waals surface area (Å²) in [4.78, 5) is 11.5. The fourth-order valence-electron chi connectivity index (χ4n) is 2.40. The zero-order valence-corrected chi connectivity index (χ0v) is 13.5. The monoisotopic (exact) mass is 333 g/mol. The Hall–Kier alpha value is -2.04. The molecule has 2 aromatic rings. The maximum Gasteiger partial charge on any atom is 0.119 e. The van der Waals surface area contributed by atoms with Gasteiger partial charge in [-0.3, -0.25) is 0 Å². The number of rotatable bonds is 7. The zero-order chi connectivity index (χ0) is 16.8. The van der Waals surface area contributed by atoms with Gasteiger partial charge >= 0.3 is 0 Å². The molecule has 0 spiro atoms. The first-order valence-corrected chi connectivity index (χ1v) is 7.75. The second kappa shape index (κ2) is 7.99. The van der Waals surface area contributed by atoms with Crippen LogP contribution in [-0.2, 0) is 11.2 Å². The van der Waals surface area contributed by atoms with E-state index in [1.165, 1.54) is 0 Å². The standard InChI is InChI=1S/C18H19ClO4/c1-2-23-15-5-3-4-12(10-15)11-16(18(21)22)17(20)13-6-8-14(19)9-7-13/h3-10,16-17,20H,2,11H2,1H3,(H,21,22)/p-1. The summed E-state index contributed by atoms with van der Waals surface area (Å²) in [5, 5.41) is 22.4. The fraction of sp³-hybridized carbons (Fsp3) is 0.278. The van der Waals surface area contributed by atoms with Gasteiger partial charge in [0, 0.05) is 16.9 Å². The van der Waals surface area contributed by atoms with E-state index in [4.69, 9.17) is 16.3 Å². The van der Waals surface area contributed by atoms with E-state index in [1.54, 1.807) is 48.5 Å². The van der Waals surface area contributed by atoms with E-state index >= 15 is 0 Å². The highest BCUT2D eigenvalue weighted by Gasteiger charge is 2.23. The van der Waals surface area contributed by atoms with Crippen molar-refractivity contribution in [1.82, 2.24) is 0 Å². The summed E-state index contributed by atoms with van der Waals surface area (Å²) in [5.74, 6) is -1.69. The minimum atomic E-state index is -1.30. The highest BCUT2D eigenvalue weighted by atomic mass is 35.5. The van der Waals surface area contributed by atoms with Gasteiger partial charge in [0.05, 0.1) is 12.7 Å². The van der Waals surface area contributed by atoms with Crippen molar-refractivity contribution in [3.05, 3.63) is 64.7 Å². The normalized spacial score (nSPS) is 13.3. The van der Waals surface area contributed by atoms with Crippen molar-refractivity contribution >= 4 is 17.6 Å². The van der Waals surface area contributed by atoms with Crippen molar-refractivity contribution < 1.29 is 19.7 Å². The van der Waals surface area contributed by atoms with Crippen LogP contribution in [-0.4, -0.2) is 17.7 Å². The predicted octanol–water partition coefficient (Wildman–Crippen LogP) is 2.38. The van der Waals surface area contributed by atoms with E-state index in [1.807, 2.05) is 6.92 Å². The highest BCUT2D eigenvalue weighted by Crippen LogP contribution is 2.27. The molecule has 2 aromatic carbocycles. The van der Waals surface area contributed by atoms with E-state index in [0.717, 1.165) is 5.56 Å². The van der Waals surface area contributed by atoms with Gasteiger partial charge in [0.2, 0.25) is 0 Å². The minimum absolute atomic E-state index is 0.146. The number of hydrogen-bond acceptors (Lipinski definition) is 4. The maximum absolute atomic E-state index is 11.5. The predicted molar refractivity (Wildman–Crippen MR) is 86.2 cm³/mol. The van der Waals surface area contributed by atoms with Crippen molar-refractivity contribution in [1.29, 1.82) is 0 Å². The molecule has 0 amide bonds. The lowest BCUT2D eigenvalue weighted by atomic mass is 9.90. The first kappa shape index (κ1) is 17.3. The van der Waals surface area contributed by atoms with Crippen molar-refractivity contribution in [2.45, 2.75) is 19.4 Å². The number of aliphatic hydroxyl groups excluding tert-OH is 1. The van der Waals surface area contributed by atoms with Gasteiger partial charge in [-0.25, -0.2) is 0 Å². The average Bonchev–Trinajstić information content (AvgIpc) is 2.53. The van der Waals surface area contributed by atoms with E-state index < -0.39 is 18.0 Å². The Kier molecular flexibility index (Phi) is 6.02. The Morgan fingerprint density at radius 1 is 1.26 bits per heavy atom. The van der Waals surface area contributed by atoms with Crippen molar-refractivity contribution in [3.63, 3.8) is 0 Å². The number of hydrogen-bond donors (Lipinski definition) is 1.